The molecule has 26 heavy (non-hydrogen) atoms. The van der Waals surface area contributed by atoms with E-state index in [1.807, 2.05) is 51.1 Å². The Labute approximate surface area is 155 Å². The minimum atomic E-state index is -1.39. The third kappa shape index (κ3) is 2.74. The molecule has 0 atom stereocenters. The Balaban J connectivity index is 2.49. The molecule has 0 bridgehead atoms. The van der Waals surface area contributed by atoms with E-state index in [9.17, 15) is 14.7 Å². The molecule has 0 fully saturated rings. The predicted octanol–water partition coefficient (Wildman–Crippen LogP) is 4.38. The van der Waals surface area contributed by atoms with Gasteiger partial charge in [0.15, 0.2) is 0 Å². The van der Waals surface area contributed by atoms with Crippen molar-refractivity contribution in [2.24, 2.45) is 0 Å². The normalized spacial score (nSPS) is 12.1. The lowest BCUT2D eigenvalue weighted by molar-refractivity contribution is -0.146. The highest BCUT2D eigenvalue weighted by molar-refractivity contribution is 7.19. The van der Waals surface area contributed by atoms with Gasteiger partial charge in [0.2, 0.25) is 0 Å². The van der Waals surface area contributed by atoms with E-state index in [0.29, 0.717) is 16.0 Å². The van der Waals surface area contributed by atoms with Gasteiger partial charge in [0.05, 0.1) is 5.39 Å². The fourth-order valence-corrected chi connectivity index (χ4v) is 4.20. The number of hydrogen-bond acceptors (Lipinski definition) is 4. The van der Waals surface area contributed by atoms with Crippen molar-refractivity contribution in [3.63, 3.8) is 0 Å². The number of aryl methyl sites for hydroxylation is 1. The molecular formula is C20H22N2O3S. The molecule has 0 saturated carbocycles. The second-order valence-electron chi connectivity index (χ2n) is 7.21. The number of hydrogen-bond donors (Lipinski definition) is 1. The van der Waals surface area contributed by atoms with Crippen molar-refractivity contribution in [1.82, 2.24) is 9.55 Å². The molecule has 0 spiro atoms. The molecule has 2 heterocycles. The summed E-state index contributed by atoms with van der Waals surface area (Å²) in [7, 11) is 0. The fourth-order valence-electron chi connectivity index (χ4n) is 3.15. The van der Waals surface area contributed by atoms with E-state index >= 15 is 0 Å². The molecule has 0 radical (unpaired) electrons. The number of rotatable bonds is 4. The zero-order valence-electron chi connectivity index (χ0n) is 15.5. The van der Waals surface area contributed by atoms with Crippen molar-refractivity contribution in [3.05, 3.63) is 51.4 Å². The van der Waals surface area contributed by atoms with E-state index in [-0.39, 0.29) is 11.5 Å². The van der Waals surface area contributed by atoms with Crippen LogP contribution in [0.1, 0.15) is 44.3 Å². The topological polar surface area (TPSA) is 72.2 Å². The van der Waals surface area contributed by atoms with Crippen molar-refractivity contribution in [2.45, 2.75) is 46.1 Å². The summed E-state index contributed by atoms with van der Waals surface area (Å²) >= 11 is 1.48. The lowest BCUT2D eigenvalue weighted by Gasteiger charge is -2.27. The first-order valence-corrected chi connectivity index (χ1v) is 9.33. The van der Waals surface area contributed by atoms with Crippen molar-refractivity contribution < 1.29 is 9.90 Å². The first-order valence-electron chi connectivity index (χ1n) is 8.51. The van der Waals surface area contributed by atoms with Crippen LogP contribution in [0.4, 0.5) is 0 Å². The molecule has 6 heteroatoms. The molecule has 2 aromatic heterocycles. The van der Waals surface area contributed by atoms with E-state index in [1.165, 1.54) is 29.8 Å². The maximum atomic E-state index is 13.5. The summed E-state index contributed by atoms with van der Waals surface area (Å²) in [5.74, 6) is -0.639. The molecule has 0 aliphatic rings. The largest absolute Gasteiger partial charge is 0.480 e. The van der Waals surface area contributed by atoms with Crippen molar-refractivity contribution in [1.29, 1.82) is 0 Å². The lowest BCUT2D eigenvalue weighted by atomic mass is 10.0. The van der Waals surface area contributed by atoms with Gasteiger partial charge in [0.1, 0.15) is 16.2 Å². The Kier molecular flexibility index (Phi) is 4.48. The Morgan fingerprint density at radius 2 is 1.85 bits per heavy atom. The van der Waals surface area contributed by atoms with Crippen LogP contribution in [-0.4, -0.2) is 20.6 Å². The van der Waals surface area contributed by atoms with E-state index in [0.717, 1.165) is 16.0 Å². The van der Waals surface area contributed by atoms with Gasteiger partial charge in [-0.05, 0) is 26.3 Å². The van der Waals surface area contributed by atoms with Crippen molar-refractivity contribution in [3.8, 4) is 11.1 Å². The highest BCUT2D eigenvalue weighted by atomic mass is 32.1. The number of carboxylic acid groups (broad SMARTS) is 1. The molecule has 0 aliphatic heterocycles. The summed E-state index contributed by atoms with van der Waals surface area (Å²) in [5, 5.41) is 10.2. The zero-order valence-corrected chi connectivity index (χ0v) is 16.3. The second kappa shape index (κ2) is 6.36. The van der Waals surface area contributed by atoms with Gasteiger partial charge in [-0.1, -0.05) is 44.2 Å². The van der Waals surface area contributed by atoms with Gasteiger partial charge in [-0.2, -0.15) is 0 Å². The monoisotopic (exact) mass is 370 g/mol. The van der Waals surface area contributed by atoms with Gasteiger partial charge in [-0.25, -0.2) is 9.78 Å². The molecule has 1 aromatic carbocycles. The molecule has 0 amide bonds. The van der Waals surface area contributed by atoms with E-state index < -0.39 is 11.5 Å². The van der Waals surface area contributed by atoms with Crippen LogP contribution in [0, 0.1) is 6.92 Å². The van der Waals surface area contributed by atoms with Crippen LogP contribution >= 0.6 is 11.3 Å². The van der Waals surface area contributed by atoms with Gasteiger partial charge < -0.3 is 5.11 Å². The summed E-state index contributed by atoms with van der Waals surface area (Å²) in [6.07, 6.45) is 0. The van der Waals surface area contributed by atoms with Gasteiger partial charge in [-0.15, -0.1) is 11.3 Å². The smallest absolute Gasteiger partial charge is 0.329 e. The SMILES string of the molecule is Cc1sc2nc(C(C)C)n(C(C)(C)C(=O)O)c(=O)c2c1-c1ccccc1. The second-order valence-corrected chi connectivity index (χ2v) is 8.41. The summed E-state index contributed by atoms with van der Waals surface area (Å²) in [6.45, 7) is 8.88. The number of carboxylic acids is 1. The van der Waals surface area contributed by atoms with Gasteiger partial charge >= 0.3 is 5.97 Å². The highest BCUT2D eigenvalue weighted by Gasteiger charge is 2.35. The molecule has 0 saturated heterocycles. The third-order valence-corrected chi connectivity index (χ3v) is 5.59. The standard InChI is InChI=1S/C20H22N2O3S/c1-11(2)16-21-17-15(18(23)22(16)20(4,5)19(24)25)14(12(3)26-17)13-9-7-6-8-10-13/h6-11H,1-5H3,(H,24,25). The Morgan fingerprint density at radius 3 is 2.38 bits per heavy atom. The maximum absolute atomic E-state index is 13.5. The number of fused-ring (bicyclic) bond motifs is 1. The zero-order chi connectivity index (χ0) is 19.2. The maximum Gasteiger partial charge on any atom is 0.329 e. The molecule has 3 aromatic rings. The summed E-state index contributed by atoms with van der Waals surface area (Å²) in [5.41, 5.74) is 0.0940. The van der Waals surface area contributed by atoms with Crippen LogP contribution in [0.3, 0.4) is 0 Å². The van der Waals surface area contributed by atoms with E-state index in [4.69, 9.17) is 4.98 Å². The van der Waals surface area contributed by atoms with E-state index in [1.54, 1.807) is 0 Å². The number of nitrogens with zero attached hydrogens (tertiary/aromatic N) is 2. The quantitative estimate of drug-likeness (QED) is 0.740. The fraction of sp³-hybridized carbons (Fsp3) is 0.350. The minimum Gasteiger partial charge on any atom is -0.480 e. The Bertz CT molecular complexity index is 1050. The average molecular weight is 370 g/mol. The highest BCUT2D eigenvalue weighted by Crippen LogP contribution is 2.36. The summed E-state index contributed by atoms with van der Waals surface area (Å²) in [4.78, 5) is 31.7. The van der Waals surface area contributed by atoms with Crippen LogP contribution in [0.25, 0.3) is 21.3 Å². The van der Waals surface area contributed by atoms with Gasteiger partial charge in [0.25, 0.3) is 5.56 Å². The molecule has 1 N–H and O–H groups in total. The van der Waals surface area contributed by atoms with Crippen molar-refractivity contribution >= 4 is 27.5 Å². The molecule has 5 nitrogen and oxygen atoms in total. The van der Waals surface area contributed by atoms with Crippen LogP contribution in [0.2, 0.25) is 0 Å². The first-order chi connectivity index (χ1) is 12.2. The summed E-state index contributed by atoms with van der Waals surface area (Å²) < 4.78 is 1.35. The number of benzene rings is 1. The van der Waals surface area contributed by atoms with Gasteiger partial charge in [0, 0.05) is 16.4 Å². The molecule has 136 valence electrons. The number of thiophene rings is 1. The number of aromatic nitrogens is 2. The lowest BCUT2D eigenvalue weighted by Crippen LogP contribution is -2.45. The van der Waals surface area contributed by atoms with Crippen LogP contribution < -0.4 is 5.56 Å². The summed E-state index contributed by atoms with van der Waals surface area (Å²) in [6, 6.07) is 9.68. The Morgan fingerprint density at radius 1 is 1.23 bits per heavy atom. The van der Waals surface area contributed by atoms with E-state index in [2.05, 4.69) is 0 Å². The van der Waals surface area contributed by atoms with Crippen molar-refractivity contribution in [2.75, 3.05) is 0 Å². The molecule has 0 unspecified atom stereocenters. The van der Waals surface area contributed by atoms with Crippen LogP contribution in [0.15, 0.2) is 35.1 Å². The molecule has 3 rings (SSSR count). The average Bonchev–Trinajstić information content (AvgIpc) is 2.91. The predicted molar refractivity (Wildman–Crippen MR) is 105 cm³/mol. The van der Waals surface area contributed by atoms with Crippen LogP contribution in [-0.2, 0) is 10.3 Å². The van der Waals surface area contributed by atoms with Gasteiger partial charge in [-0.3, -0.25) is 9.36 Å². The Hall–Kier alpha value is -2.47. The first kappa shape index (κ1) is 18.3. The minimum absolute atomic E-state index is 0.0756. The number of carbonyl (C=O) groups is 1. The third-order valence-electron chi connectivity index (χ3n) is 4.59. The van der Waals surface area contributed by atoms with Crippen LogP contribution in [0.5, 0.6) is 0 Å². The number of aliphatic carboxylic acids is 1. The molecular weight excluding hydrogens is 348 g/mol. The molecule has 0 aliphatic carbocycles.